The second-order valence-electron chi connectivity index (χ2n) is 11.5. The molecule has 3 heterocycles. The highest BCUT2D eigenvalue weighted by atomic mass is 35.5. The third kappa shape index (κ3) is 8.79. The van der Waals surface area contributed by atoms with Crippen LogP contribution < -0.4 is 15.4 Å². The highest BCUT2D eigenvalue weighted by Gasteiger charge is 2.41. The van der Waals surface area contributed by atoms with Gasteiger partial charge in [0, 0.05) is 26.1 Å². The molecule has 18 heteroatoms. The summed E-state index contributed by atoms with van der Waals surface area (Å²) < 4.78 is 114. The number of hydrogen-bond acceptors (Lipinski definition) is 6. The maximum absolute atomic E-state index is 14.0. The van der Waals surface area contributed by atoms with E-state index >= 15 is 0 Å². The second-order valence-corrected chi connectivity index (χ2v) is 13.2. The highest BCUT2D eigenvalue weighted by Crippen LogP contribution is 2.38. The number of aryl methyl sites for hydroxylation is 1. The molecule has 0 spiro atoms. The number of nitrogens with zero attached hydrogens (tertiary/aromatic N) is 3. The molecule has 1 fully saturated rings. The average molecular weight is 738 g/mol. The van der Waals surface area contributed by atoms with Crippen molar-refractivity contribution in [1.82, 2.24) is 25.2 Å². The SMILES string of the molecule is Cn1c(Cc2cc(CNC(=O)c3ccc(Cl)s3)ccc2C(F)(F)F)nc2cc(C(=O)NC3CCC(C(F)(F)F)CC3)c(OCC(F)F)nc21. The molecule has 1 aromatic carbocycles. The molecule has 0 bridgehead atoms. The van der Waals surface area contributed by atoms with Crippen LogP contribution in [-0.2, 0) is 26.2 Å². The molecule has 0 radical (unpaired) electrons. The molecule has 0 saturated heterocycles. The maximum atomic E-state index is 14.0. The van der Waals surface area contributed by atoms with Crippen LogP contribution in [0.3, 0.4) is 0 Å². The van der Waals surface area contributed by atoms with Gasteiger partial charge in [0.1, 0.15) is 16.9 Å². The van der Waals surface area contributed by atoms with Crippen molar-refractivity contribution in [3.8, 4) is 5.88 Å². The summed E-state index contributed by atoms with van der Waals surface area (Å²) in [7, 11) is 1.44. The molecule has 1 saturated carbocycles. The Kier molecular flexibility index (Phi) is 10.7. The van der Waals surface area contributed by atoms with Crippen LogP contribution >= 0.6 is 22.9 Å². The van der Waals surface area contributed by atoms with Crippen LogP contribution in [0.25, 0.3) is 11.2 Å². The summed E-state index contributed by atoms with van der Waals surface area (Å²) in [4.78, 5) is 34.6. The van der Waals surface area contributed by atoms with Gasteiger partial charge in [-0.05, 0) is 61.1 Å². The Morgan fingerprint density at radius 1 is 1.02 bits per heavy atom. The van der Waals surface area contributed by atoms with Crippen LogP contribution in [0.15, 0.2) is 36.4 Å². The van der Waals surface area contributed by atoms with Gasteiger partial charge in [0.25, 0.3) is 18.2 Å². The number of ether oxygens (including phenoxy) is 1. The number of pyridine rings is 1. The first-order valence-corrected chi connectivity index (χ1v) is 16.1. The lowest BCUT2D eigenvalue weighted by atomic mass is 9.85. The van der Waals surface area contributed by atoms with Gasteiger partial charge in [0.2, 0.25) is 5.88 Å². The Labute approximate surface area is 282 Å². The first kappa shape index (κ1) is 36.3. The monoisotopic (exact) mass is 737 g/mol. The fraction of sp³-hybridized carbons (Fsp3) is 0.419. The average Bonchev–Trinajstić information content (AvgIpc) is 3.59. The minimum Gasteiger partial charge on any atom is -0.471 e. The molecule has 8 nitrogen and oxygen atoms in total. The summed E-state index contributed by atoms with van der Waals surface area (Å²) in [5.74, 6) is -3.20. The number of rotatable bonds is 10. The number of thiophene rings is 1. The molecular weight excluding hydrogens is 710 g/mol. The van der Waals surface area contributed by atoms with Gasteiger partial charge in [-0.15, -0.1) is 11.3 Å². The standard InChI is InChI=1S/C31H28ClF8N5O3S/c1-45-25(11-16-10-15(2-7-20(16)31(38,39)40)13-41-28(47)22-8-9-23(32)49-22)43-21-12-19(29(44-26(21)45)48-14-24(33)34)27(46)42-18-5-3-17(4-6-18)30(35,36)37/h2,7-10,12,17-18,24H,3-6,11,13-14H2,1H3,(H,41,47)(H,42,46). The van der Waals surface area contributed by atoms with E-state index in [1.807, 2.05) is 0 Å². The Hall–Kier alpha value is -3.99. The fourth-order valence-electron chi connectivity index (χ4n) is 5.60. The molecule has 49 heavy (non-hydrogen) atoms. The molecule has 0 aliphatic heterocycles. The lowest BCUT2D eigenvalue weighted by Gasteiger charge is -2.30. The van der Waals surface area contributed by atoms with Crippen molar-refractivity contribution in [3.63, 3.8) is 0 Å². The molecule has 1 aliphatic carbocycles. The van der Waals surface area contributed by atoms with E-state index in [-0.39, 0.29) is 66.8 Å². The first-order valence-electron chi connectivity index (χ1n) is 14.9. The largest absolute Gasteiger partial charge is 0.471 e. The quantitative estimate of drug-likeness (QED) is 0.163. The van der Waals surface area contributed by atoms with E-state index in [0.717, 1.165) is 17.4 Å². The summed E-state index contributed by atoms with van der Waals surface area (Å²) in [5.41, 5.74) is -1.02. The van der Waals surface area contributed by atoms with Crippen LogP contribution in [0.2, 0.25) is 4.34 Å². The van der Waals surface area contributed by atoms with Gasteiger partial charge in [-0.1, -0.05) is 23.7 Å². The zero-order chi connectivity index (χ0) is 35.7. The predicted molar refractivity (Wildman–Crippen MR) is 164 cm³/mol. The molecular formula is C31H28ClF8N5O3S. The number of benzene rings is 1. The Morgan fingerprint density at radius 3 is 2.35 bits per heavy atom. The molecule has 2 N–H and O–H groups in total. The summed E-state index contributed by atoms with van der Waals surface area (Å²) in [5, 5.41) is 5.25. The number of alkyl halides is 8. The second kappa shape index (κ2) is 14.5. The molecule has 0 unspecified atom stereocenters. The summed E-state index contributed by atoms with van der Waals surface area (Å²) in [6, 6.07) is 7.03. The van der Waals surface area contributed by atoms with Crippen molar-refractivity contribution in [2.75, 3.05) is 6.61 Å². The normalized spacial score (nSPS) is 17.0. The molecule has 1 aliphatic rings. The van der Waals surface area contributed by atoms with Crippen LogP contribution in [-0.4, -0.2) is 51.6 Å². The summed E-state index contributed by atoms with van der Waals surface area (Å²) in [6.07, 6.45) is -12.7. The highest BCUT2D eigenvalue weighted by molar-refractivity contribution is 7.18. The van der Waals surface area contributed by atoms with Gasteiger partial charge < -0.3 is 19.9 Å². The van der Waals surface area contributed by atoms with Crippen molar-refractivity contribution in [2.24, 2.45) is 13.0 Å². The van der Waals surface area contributed by atoms with E-state index in [2.05, 4.69) is 20.6 Å². The lowest BCUT2D eigenvalue weighted by molar-refractivity contribution is -0.182. The van der Waals surface area contributed by atoms with Gasteiger partial charge in [-0.3, -0.25) is 9.59 Å². The number of imidazole rings is 1. The van der Waals surface area contributed by atoms with Crippen LogP contribution in [0.1, 0.15) is 68.2 Å². The minimum absolute atomic E-state index is 0.0214. The zero-order valence-corrected chi connectivity index (χ0v) is 27.1. The number of carbonyl (C=O) groups is 2. The third-order valence-electron chi connectivity index (χ3n) is 8.09. The predicted octanol–water partition coefficient (Wildman–Crippen LogP) is 7.72. The smallest absolute Gasteiger partial charge is 0.416 e. The van der Waals surface area contributed by atoms with E-state index < -0.39 is 60.6 Å². The Bertz CT molecular complexity index is 1830. The van der Waals surface area contributed by atoms with Gasteiger partial charge >= 0.3 is 12.4 Å². The summed E-state index contributed by atoms with van der Waals surface area (Å²) in [6.45, 7) is -1.22. The van der Waals surface area contributed by atoms with E-state index in [9.17, 15) is 44.7 Å². The summed E-state index contributed by atoms with van der Waals surface area (Å²) >= 11 is 6.91. The molecule has 0 atom stereocenters. The number of fused-ring (bicyclic) bond motifs is 1. The third-order valence-corrected chi connectivity index (χ3v) is 9.32. The molecule has 5 rings (SSSR count). The van der Waals surface area contributed by atoms with Crippen LogP contribution in [0, 0.1) is 5.92 Å². The van der Waals surface area contributed by atoms with Crippen molar-refractivity contribution >= 4 is 45.9 Å². The lowest BCUT2D eigenvalue weighted by Crippen LogP contribution is -2.40. The zero-order valence-electron chi connectivity index (χ0n) is 25.5. The first-order chi connectivity index (χ1) is 23.0. The van der Waals surface area contributed by atoms with E-state index in [0.29, 0.717) is 14.8 Å². The van der Waals surface area contributed by atoms with E-state index in [1.54, 1.807) is 6.07 Å². The Balaban J connectivity index is 1.41. The Morgan fingerprint density at radius 2 is 1.73 bits per heavy atom. The van der Waals surface area contributed by atoms with Crippen LogP contribution in [0.4, 0.5) is 35.1 Å². The van der Waals surface area contributed by atoms with Crippen molar-refractivity contribution in [2.45, 2.75) is 63.5 Å². The van der Waals surface area contributed by atoms with Crippen molar-refractivity contribution in [1.29, 1.82) is 0 Å². The number of nitrogens with one attached hydrogen (secondary N) is 2. The fourth-order valence-corrected chi connectivity index (χ4v) is 6.56. The van der Waals surface area contributed by atoms with Crippen molar-refractivity contribution < 1.29 is 49.4 Å². The topological polar surface area (TPSA) is 98.1 Å². The van der Waals surface area contributed by atoms with E-state index in [4.69, 9.17) is 16.3 Å². The van der Waals surface area contributed by atoms with Crippen molar-refractivity contribution in [3.05, 3.63) is 73.7 Å². The van der Waals surface area contributed by atoms with Gasteiger partial charge in [0.05, 0.1) is 20.7 Å². The number of amides is 2. The van der Waals surface area contributed by atoms with Crippen LogP contribution in [0.5, 0.6) is 5.88 Å². The maximum Gasteiger partial charge on any atom is 0.416 e. The van der Waals surface area contributed by atoms with Gasteiger partial charge in [-0.2, -0.15) is 31.3 Å². The molecule has 264 valence electrons. The molecule has 3 aromatic heterocycles. The molecule has 2 amide bonds. The minimum atomic E-state index is -4.74. The molecule has 4 aromatic rings. The number of halogens is 9. The number of hydrogen-bond donors (Lipinski definition) is 2. The van der Waals surface area contributed by atoms with Gasteiger partial charge in [0.15, 0.2) is 12.3 Å². The van der Waals surface area contributed by atoms with Gasteiger partial charge in [-0.25, -0.2) is 13.8 Å². The van der Waals surface area contributed by atoms with E-state index in [1.165, 1.54) is 35.9 Å². The number of aromatic nitrogens is 3. The number of carbonyl (C=O) groups excluding carboxylic acids is 2.